The molecule has 0 bridgehead atoms. The standard InChI is InChI=1S/C10H9F4N/c11-6-1-2-8(10(12,13)14)7(5-6)9-3-4-15-9/h1-2,5,9,15H,3-4H2/t9-/m1/s1. The largest absolute Gasteiger partial charge is 0.416 e. The number of rotatable bonds is 1. The van der Waals surface area contributed by atoms with Gasteiger partial charge in [-0.05, 0) is 36.7 Å². The molecule has 2 rings (SSSR count). The van der Waals surface area contributed by atoms with Gasteiger partial charge in [-0.15, -0.1) is 0 Å². The minimum atomic E-state index is -4.42. The normalized spacial score (nSPS) is 21.2. The van der Waals surface area contributed by atoms with Crippen molar-refractivity contribution < 1.29 is 17.6 Å². The molecular weight excluding hydrogens is 210 g/mol. The molecule has 0 aromatic heterocycles. The monoisotopic (exact) mass is 219 g/mol. The van der Waals surface area contributed by atoms with Crippen LogP contribution >= 0.6 is 0 Å². The fourth-order valence-corrected chi connectivity index (χ4v) is 1.63. The second kappa shape index (κ2) is 3.48. The lowest BCUT2D eigenvalue weighted by molar-refractivity contribution is -0.138. The summed E-state index contributed by atoms with van der Waals surface area (Å²) in [7, 11) is 0. The molecule has 0 amide bonds. The molecule has 0 aliphatic carbocycles. The van der Waals surface area contributed by atoms with E-state index in [0.29, 0.717) is 13.0 Å². The Labute approximate surface area is 84.1 Å². The van der Waals surface area contributed by atoms with Crippen molar-refractivity contribution >= 4 is 0 Å². The van der Waals surface area contributed by atoms with E-state index >= 15 is 0 Å². The Morgan fingerprint density at radius 3 is 2.40 bits per heavy atom. The van der Waals surface area contributed by atoms with Gasteiger partial charge in [0.15, 0.2) is 0 Å². The van der Waals surface area contributed by atoms with Crippen LogP contribution in [0.25, 0.3) is 0 Å². The van der Waals surface area contributed by atoms with Crippen LogP contribution in [0.4, 0.5) is 17.6 Å². The van der Waals surface area contributed by atoms with Gasteiger partial charge in [0.05, 0.1) is 5.56 Å². The van der Waals surface area contributed by atoms with Crippen molar-refractivity contribution in [3.05, 3.63) is 35.1 Å². The summed E-state index contributed by atoms with van der Waals surface area (Å²) in [6.07, 6.45) is -3.80. The number of hydrogen-bond donors (Lipinski definition) is 1. The molecule has 0 spiro atoms. The fraction of sp³-hybridized carbons (Fsp3) is 0.400. The Kier molecular flexibility index (Phi) is 2.42. The number of alkyl halides is 3. The third-order valence-corrected chi connectivity index (χ3v) is 2.52. The lowest BCUT2D eigenvalue weighted by Crippen LogP contribution is -2.36. The van der Waals surface area contributed by atoms with Crippen LogP contribution in [0.2, 0.25) is 0 Å². The molecule has 1 fully saturated rings. The molecule has 1 nitrogen and oxygen atoms in total. The Morgan fingerprint density at radius 2 is 1.93 bits per heavy atom. The van der Waals surface area contributed by atoms with Crippen LogP contribution in [-0.2, 0) is 6.18 Å². The van der Waals surface area contributed by atoms with Crippen LogP contribution in [0, 0.1) is 5.82 Å². The Balaban J connectivity index is 2.44. The molecule has 1 aliphatic rings. The molecule has 0 radical (unpaired) electrons. The Morgan fingerprint density at radius 1 is 1.27 bits per heavy atom. The Hall–Kier alpha value is -1.10. The van der Waals surface area contributed by atoms with Gasteiger partial charge in [-0.25, -0.2) is 4.39 Å². The molecule has 0 saturated carbocycles. The molecule has 1 N–H and O–H groups in total. The first kappa shape index (κ1) is 10.4. The summed E-state index contributed by atoms with van der Waals surface area (Å²) in [5, 5.41) is 2.83. The van der Waals surface area contributed by atoms with Crippen LogP contribution in [0.1, 0.15) is 23.6 Å². The summed E-state index contributed by atoms with van der Waals surface area (Å²) < 4.78 is 50.5. The van der Waals surface area contributed by atoms with Crippen molar-refractivity contribution in [2.75, 3.05) is 6.54 Å². The molecule has 1 aromatic rings. The van der Waals surface area contributed by atoms with Crippen molar-refractivity contribution in [2.24, 2.45) is 0 Å². The fourth-order valence-electron chi connectivity index (χ4n) is 1.63. The maximum absolute atomic E-state index is 12.9. The molecular formula is C10H9F4N. The Bertz CT molecular complexity index is 368. The highest BCUT2D eigenvalue weighted by Crippen LogP contribution is 2.37. The zero-order chi connectivity index (χ0) is 11.1. The van der Waals surface area contributed by atoms with Crippen molar-refractivity contribution in [3.63, 3.8) is 0 Å². The molecule has 1 heterocycles. The van der Waals surface area contributed by atoms with Gasteiger partial charge in [-0.3, -0.25) is 0 Å². The highest BCUT2D eigenvalue weighted by atomic mass is 19.4. The lowest BCUT2D eigenvalue weighted by atomic mass is 9.93. The lowest BCUT2D eigenvalue weighted by Gasteiger charge is -2.30. The van der Waals surface area contributed by atoms with Crippen LogP contribution in [0.15, 0.2) is 18.2 Å². The van der Waals surface area contributed by atoms with E-state index in [9.17, 15) is 17.6 Å². The van der Waals surface area contributed by atoms with Crippen molar-refractivity contribution in [3.8, 4) is 0 Å². The molecule has 1 atom stereocenters. The van der Waals surface area contributed by atoms with Gasteiger partial charge in [0, 0.05) is 6.04 Å². The minimum absolute atomic E-state index is 0.00810. The second-order valence-electron chi connectivity index (χ2n) is 3.52. The van der Waals surface area contributed by atoms with E-state index < -0.39 is 17.6 Å². The number of nitrogens with one attached hydrogen (secondary N) is 1. The van der Waals surface area contributed by atoms with Gasteiger partial charge in [0.2, 0.25) is 0 Å². The van der Waals surface area contributed by atoms with Gasteiger partial charge in [-0.1, -0.05) is 0 Å². The average molecular weight is 219 g/mol. The van der Waals surface area contributed by atoms with Crippen LogP contribution in [0.3, 0.4) is 0 Å². The SMILES string of the molecule is Fc1ccc(C(F)(F)F)c([C@H]2CCN2)c1. The molecule has 82 valence electrons. The topological polar surface area (TPSA) is 12.0 Å². The maximum atomic E-state index is 12.9. The second-order valence-corrected chi connectivity index (χ2v) is 3.52. The van der Waals surface area contributed by atoms with Gasteiger partial charge < -0.3 is 5.32 Å². The van der Waals surface area contributed by atoms with E-state index in [0.717, 1.165) is 18.2 Å². The molecule has 1 saturated heterocycles. The third kappa shape index (κ3) is 1.97. The predicted molar refractivity (Wildman–Crippen MR) is 46.8 cm³/mol. The quantitative estimate of drug-likeness (QED) is 0.716. The van der Waals surface area contributed by atoms with Crippen LogP contribution < -0.4 is 5.32 Å². The summed E-state index contributed by atoms with van der Waals surface area (Å²) in [5.41, 5.74) is -0.741. The number of halogens is 4. The van der Waals surface area contributed by atoms with Crippen molar-refractivity contribution in [1.82, 2.24) is 5.32 Å². The third-order valence-electron chi connectivity index (χ3n) is 2.52. The first-order valence-corrected chi connectivity index (χ1v) is 4.58. The van der Waals surface area contributed by atoms with Crippen molar-refractivity contribution in [1.29, 1.82) is 0 Å². The van der Waals surface area contributed by atoms with Gasteiger partial charge in [0.25, 0.3) is 0 Å². The van der Waals surface area contributed by atoms with E-state index in [4.69, 9.17) is 0 Å². The summed E-state index contributed by atoms with van der Waals surface area (Å²) >= 11 is 0. The number of benzene rings is 1. The van der Waals surface area contributed by atoms with E-state index in [2.05, 4.69) is 5.32 Å². The maximum Gasteiger partial charge on any atom is 0.416 e. The van der Waals surface area contributed by atoms with Crippen molar-refractivity contribution in [2.45, 2.75) is 18.6 Å². The average Bonchev–Trinajstić information content (AvgIpc) is 1.98. The summed E-state index contributed by atoms with van der Waals surface area (Å²) in [4.78, 5) is 0. The van der Waals surface area contributed by atoms with E-state index in [-0.39, 0.29) is 11.6 Å². The molecule has 1 aromatic carbocycles. The van der Waals surface area contributed by atoms with E-state index in [1.165, 1.54) is 0 Å². The van der Waals surface area contributed by atoms with E-state index in [1.807, 2.05) is 0 Å². The molecule has 0 unspecified atom stereocenters. The molecule has 1 aliphatic heterocycles. The highest BCUT2D eigenvalue weighted by Gasteiger charge is 2.36. The van der Waals surface area contributed by atoms with E-state index in [1.54, 1.807) is 0 Å². The van der Waals surface area contributed by atoms with Gasteiger partial charge in [0.1, 0.15) is 5.82 Å². The highest BCUT2D eigenvalue weighted by molar-refractivity contribution is 5.34. The molecule has 5 heteroatoms. The summed E-state index contributed by atoms with van der Waals surface area (Å²) in [6.45, 7) is 0.679. The summed E-state index contributed by atoms with van der Waals surface area (Å²) in [5.74, 6) is -0.633. The smallest absolute Gasteiger partial charge is 0.310 e. The zero-order valence-corrected chi connectivity index (χ0v) is 7.74. The van der Waals surface area contributed by atoms with Gasteiger partial charge in [-0.2, -0.15) is 13.2 Å². The first-order valence-electron chi connectivity index (χ1n) is 4.58. The predicted octanol–water partition coefficient (Wildman–Crippen LogP) is 2.88. The molecule has 15 heavy (non-hydrogen) atoms. The minimum Gasteiger partial charge on any atom is -0.310 e. The number of hydrogen-bond acceptors (Lipinski definition) is 1. The van der Waals surface area contributed by atoms with Crippen LogP contribution in [0.5, 0.6) is 0 Å². The summed E-state index contributed by atoms with van der Waals surface area (Å²) in [6, 6.07) is 2.23. The zero-order valence-electron chi connectivity index (χ0n) is 7.74. The first-order chi connectivity index (χ1) is 6.98. The van der Waals surface area contributed by atoms with Crippen LogP contribution in [-0.4, -0.2) is 6.54 Å². The van der Waals surface area contributed by atoms with Gasteiger partial charge >= 0.3 is 6.18 Å².